The molecule has 1 amide bonds. The van der Waals surface area contributed by atoms with E-state index in [1.165, 1.54) is 0 Å². The molecule has 3 heterocycles. The highest BCUT2D eigenvalue weighted by atomic mass is 16.3. The number of rotatable bonds is 2. The number of hydrogen-bond donors (Lipinski definition) is 1. The lowest BCUT2D eigenvalue weighted by Gasteiger charge is -2.53. The molecule has 2 atom stereocenters. The molecule has 6 heteroatoms. The summed E-state index contributed by atoms with van der Waals surface area (Å²) in [7, 11) is 3.97. The second kappa shape index (κ2) is 5.42. The number of amides is 1. The van der Waals surface area contributed by atoms with Crippen molar-refractivity contribution in [3.05, 3.63) is 18.2 Å². The predicted molar refractivity (Wildman–Crippen MR) is 78.9 cm³/mol. The third-order valence-electron chi connectivity index (χ3n) is 5.22. The summed E-state index contributed by atoms with van der Waals surface area (Å²) in [5.41, 5.74) is 0.473. The number of likely N-dealkylation sites (tertiary alicyclic amines) is 2. The Morgan fingerprint density at radius 3 is 2.90 bits per heavy atom. The molecule has 6 nitrogen and oxygen atoms in total. The van der Waals surface area contributed by atoms with E-state index in [1.807, 2.05) is 11.9 Å². The Balaban J connectivity index is 1.78. The Kier molecular flexibility index (Phi) is 3.75. The van der Waals surface area contributed by atoms with Gasteiger partial charge in [0, 0.05) is 37.8 Å². The Hall–Kier alpha value is -1.40. The average molecular weight is 292 g/mol. The summed E-state index contributed by atoms with van der Waals surface area (Å²) < 4.78 is 1.79. The molecular formula is C15H24N4O2. The quantitative estimate of drug-likeness (QED) is 0.854. The van der Waals surface area contributed by atoms with E-state index in [-0.39, 0.29) is 24.0 Å². The molecule has 1 aromatic rings. The van der Waals surface area contributed by atoms with Crippen LogP contribution in [0.5, 0.6) is 0 Å². The molecule has 0 unspecified atom stereocenters. The number of aryl methyl sites for hydroxylation is 1. The molecule has 2 aliphatic rings. The molecule has 0 aliphatic carbocycles. The zero-order chi connectivity index (χ0) is 15.0. The van der Waals surface area contributed by atoms with Crippen molar-refractivity contribution in [2.45, 2.75) is 25.3 Å². The van der Waals surface area contributed by atoms with Gasteiger partial charge in [0.15, 0.2) is 0 Å². The van der Waals surface area contributed by atoms with Crippen molar-refractivity contribution in [3.63, 3.8) is 0 Å². The summed E-state index contributed by atoms with van der Waals surface area (Å²) in [5.74, 6) is 0.00103. The van der Waals surface area contributed by atoms with Gasteiger partial charge in [-0.25, -0.2) is 4.98 Å². The fourth-order valence-corrected chi connectivity index (χ4v) is 3.89. The van der Waals surface area contributed by atoms with Crippen LogP contribution in [0, 0.1) is 5.41 Å². The first-order valence-electron chi connectivity index (χ1n) is 7.64. The van der Waals surface area contributed by atoms with Crippen molar-refractivity contribution in [2.75, 3.05) is 33.3 Å². The van der Waals surface area contributed by atoms with Gasteiger partial charge in [0.1, 0.15) is 5.69 Å². The SMILES string of the molecule is CN1CCC[C@]2(CO)CCN(C(=O)c3cn(C)cn3)C[C@@H]12. The van der Waals surface area contributed by atoms with Gasteiger partial charge in [0.05, 0.1) is 12.9 Å². The van der Waals surface area contributed by atoms with Crippen molar-refractivity contribution >= 4 is 5.91 Å². The van der Waals surface area contributed by atoms with Gasteiger partial charge in [0.2, 0.25) is 0 Å². The molecule has 0 saturated carbocycles. The molecule has 0 bridgehead atoms. The van der Waals surface area contributed by atoms with Crippen molar-refractivity contribution < 1.29 is 9.90 Å². The maximum absolute atomic E-state index is 12.6. The van der Waals surface area contributed by atoms with Crippen LogP contribution in [0.4, 0.5) is 0 Å². The lowest BCUT2D eigenvalue weighted by molar-refractivity contribution is -0.0602. The summed E-state index contributed by atoms with van der Waals surface area (Å²) >= 11 is 0. The monoisotopic (exact) mass is 292 g/mol. The maximum Gasteiger partial charge on any atom is 0.274 e. The lowest BCUT2D eigenvalue weighted by atomic mass is 9.69. The third kappa shape index (κ3) is 2.46. The third-order valence-corrected chi connectivity index (χ3v) is 5.22. The Morgan fingerprint density at radius 2 is 2.24 bits per heavy atom. The molecule has 1 aromatic heterocycles. The van der Waals surface area contributed by atoms with Crippen LogP contribution >= 0.6 is 0 Å². The molecule has 2 fully saturated rings. The number of carbonyl (C=O) groups excluding carboxylic acids is 1. The van der Waals surface area contributed by atoms with Crippen LogP contribution < -0.4 is 0 Å². The van der Waals surface area contributed by atoms with E-state index in [0.29, 0.717) is 18.8 Å². The van der Waals surface area contributed by atoms with E-state index in [0.717, 1.165) is 25.8 Å². The zero-order valence-electron chi connectivity index (χ0n) is 12.8. The van der Waals surface area contributed by atoms with Crippen LogP contribution in [0.1, 0.15) is 29.8 Å². The molecule has 2 saturated heterocycles. The molecule has 3 rings (SSSR count). The smallest absolute Gasteiger partial charge is 0.274 e. The Morgan fingerprint density at radius 1 is 1.43 bits per heavy atom. The first kappa shape index (κ1) is 14.5. The highest BCUT2D eigenvalue weighted by Gasteiger charge is 2.47. The van der Waals surface area contributed by atoms with Gasteiger partial charge in [-0.2, -0.15) is 0 Å². The van der Waals surface area contributed by atoms with Crippen LogP contribution in [0.15, 0.2) is 12.5 Å². The highest BCUT2D eigenvalue weighted by molar-refractivity contribution is 5.92. The molecule has 1 N–H and O–H groups in total. The van der Waals surface area contributed by atoms with Gasteiger partial charge in [-0.1, -0.05) is 0 Å². The normalized spacial score (nSPS) is 30.2. The Labute approximate surface area is 125 Å². The van der Waals surface area contributed by atoms with E-state index in [9.17, 15) is 9.90 Å². The van der Waals surface area contributed by atoms with Gasteiger partial charge in [-0.05, 0) is 32.9 Å². The number of likely N-dealkylation sites (N-methyl/N-ethyl adjacent to an activating group) is 1. The number of nitrogens with zero attached hydrogens (tertiary/aromatic N) is 4. The first-order valence-corrected chi connectivity index (χ1v) is 7.64. The second-order valence-electron chi connectivity index (χ2n) is 6.55. The summed E-state index contributed by atoms with van der Waals surface area (Å²) in [6.45, 7) is 2.65. The summed E-state index contributed by atoms with van der Waals surface area (Å²) in [6, 6.07) is 0.248. The maximum atomic E-state index is 12.6. The van der Waals surface area contributed by atoms with E-state index < -0.39 is 0 Å². The molecule has 0 aromatic carbocycles. The van der Waals surface area contributed by atoms with E-state index >= 15 is 0 Å². The van der Waals surface area contributed by atoms with Crippen LogP contribution in [0.25, 0.3) is 0 Å². The zero-order valence-corrected chi connectivity index (χ0v) is 12.8. The number of aromatic nitrogens is 2. The van der Waals surface area contributed by atoms with Crippen LogP contribution in [-0.4, -0.2) is 69.7 Å². The number of piperidine rings is 2. The van der Waals surface area contributed by atoms with Crippen molar-refractivity contribution in [1.82, 2.24) is 19.4 Å². The fraction of sp³-hybridized carbons (Fsp3) is 0.733. The lowest BCUT2D eigenvalue weighted by Crippen LogP contribution is -2.62. The van der Waals surface area contributed by atoms with Gasteiger partial charge >= 0.3 is 0 Å². The van der Waals surface area contributed by atoms with E-state index in [2.05, 4.69) is 16.9 Å². The number of hydrogen-bond acceptors (Lipinski definition) is 4. The molecule has 2 aliphatic heterocycles. The van der Waals surface area contributed by atoms with Gasteiger partial charge < -0.3 is 19.5 Å². The standard InChI is InChI=1S/C15H24N4O2/c1-17-8-12(16-11-17)14(21)19-7-5-15(10-20)4-3-6-18(2)13(15)9-19/h8,11,13,20H,3-7,9-10H2,1-2H3/t13-,15-/m1/s1. The van der Waals surface area contributed by atoms with Crippen LogP contribution in [0.3, 0.4) is 0 Å². The second-order valence-corrected chi connectivity index (χ2v) is 6.55. The number of carbonyl (C=O) groups is 1. The summed E-state index contributed by atoms with van der Waals surface area (Å²) in [6.07, 6.45) is 6.48. The summed E-state index contributed by atoms with van der Waals surface area (Å²) in [5, 5.41) is 9.89. The number of imidazole rings is 1. The number of aliphatic hydroxyl groups is 1. The van der Waals surface area contributed by atoms with E-state index in [1.54, 1.807) is 17.1 Å². The molecule has 116 valence electrons. The number of fused-ring (bicyclic) bond motifs is 1. The fourth-order valence-electron chi connectivity index (χ4n) is 3.89. The topological polar surface area (TPSA) is 61.6 Å². The first-order chi connectivity index (χ1) is 10.1. The Bertz CT molecular complexity index is 529. The summed E-state index contributed by atoms with van der Waals surface area (Å²) in [4.78, 5) is 20.9. The minimum absolute atomic E-state index is 0.00103. The van der Waals surface area contributed by atoms with Gasteiger partial charge in [-0.15, -0.1) is 0 Å². The molecular weight excluding hydrogens is 268 g/mol. The van der Waals surface area contributed by atoms with Crippen molar-refractivity contribution in [3.8, 4) is 0 Å². The minimum atomic E-state index is -0.0338. The van der Waals surface area contributed by atoms with Gasteiger partial charge in [0.25, 0.3) is 5.91 Å². The van der Waals surface area contributed by atoms with Crippen molar-refractivity contribution in [2.24, 2.45) is 12.5 Å². The van der Waals surface area contributed by atoms with Crippen LogP contribution in [-0.2, 0) is 7.05 Å². The predicted octanol–water partition coefficient (Wildman–Crippen LogP) is 0.339. The van der Waals surface area contributed by atoms with Crippen molar-refractivity contribution in [1.29, 1.82) is 0 Å². The van der Waals surface area contributed by atoms with Gasteiger partial charge in [-0.3, -0.25) is 4.79 Å². The minimum Gasteiger partial charge on any atom is -0.396 e. The molecule has 21 heavy (non-hydrogen) atoms. The molecule has 0 radical (unpaired) electrons. The average Bonchev–Trinajstić information content (AvgIpc) is 2.93. The van der Waals surface area contributed by atoms with Crippen LogP contribution in [0.2, 0.25) is 0 Å². The largest absolute Gasteiger partial charge is 0.396 e. The highest BCUT2D eigenvalue weighted by Crippen LogP contribution is 2.41. The number of aliphatic hydroxyl groups excluding tert-OH is 1. The molecule has 0 spiro atoms. The van der Waals surface area contributed by atoms with E-state index in [4.69, 9.17) is 0 Å².